The van der Waals surface area contributed by atoms with Crippen molar-refractivity contribution in [1.82, 2.24) is 0 Å². The number of anilines is 4. The van der Waals surface area contributed by atoms with Crippen molar-refractivity contribution in [2.45, 2.75) is 0 Å². The van der Waals surface area contributed by atoms with Crippen molar-refractivity contribution in [2.24, 2.45) is 0 Å². The zero-order chi connectivity index (χ0) is 43.2. The first kappa shape index (κ1) is 35.9. The molecule has 5 heterocycles. The number of hydrogen-bond donors (Lipinski definition) is 0. The third-order valence-corrected chi connectivity index (χ3v) is 14.5. The van der Waals surface area contributed by atoms with Gasteiger partial charge in [-0.3, -0.25) is 9.80 Å². The Kier molecular flexibility index (Phi) is 7.20. The number of nitrogens with zero attached hydrogens (tertiary/aromatic N) is 2. The van der Waals surface area contributed by atoms with E-state index in [2.05, 4.69) is 182 Å². The summed E-state index contributed by atoms with van der Waals surface area (Å²) in [6.07, 6.45) is 0. The molecule has 0 N–H and O–H groups in total. The molecule has 0 bridgehead atoms. The number of benzene rings is 10. The summed E-state index contributed by atoms with van der Waals surface area (Å²) in [5, 5.41) is 6.11. The SMILES string of the molecule is O=C1N2c3cc4oc5ccccc5c4cc3B(c3ccccc3-c3ccccc3)c3ccc4ccc5c(c4c32)N1c1c(ccc2oc3ccccc3c12)B5c1ccccc1-c1ccccc1. The smallest absolute Gasteiger partial charge is 0.338 e. The van der Waals surface area contributed by atoms with Gasteiger partial charge in [0.1, 0.15) is 22.3 Å². The summed E-state index contributed by atoms with van der Waals surface area (Å²) in [4.78, 5) is 20.6. The lowest BCUT2D eigenvalue weighted by atomic mass is 9.33. The van der Waals surface area contributed by atoms with Gasteiger partial charge in [-0.15, -0.1) is 0 Å². The maximum Gasteiger partial charge on any atom is 0.338 e. The third-order valence-electron chi connectivity index (χ3n) is 14.5. The lowest BCUT2D eigenvalue weighted by Crippen LogP contribution is -2.64. The summed E-state index contributed by atoms with van der Waals surface area (Å²) >= 11 is 0. The molecule has 12 aromatic rings. The van der Waals surface area contributed by atoms with Crippen LogP contribution in [0.4, 0.5) is 27.5 Å². The first-order valence-electron chi connectivity index (χ1n) is 22.6. The Morgan fingerprint density at radius 3 is 1.52 bits per heavy atom. The van der Waals surface area contributed by atoms with Crippen LogP contribution in [0.25, 0.3) is 76.9 Å². The second-order valence-corrected chi connectivity index (χ2v) is 17.8. The van der Waals surface area contributed by atoms with Crippen LogP contribution in [0.15, 0.2) is 215 Å². The predicted octanol–water partition coefficient (Wildman–Crippen LogP) is 11.0. The molecule has 0 aliphatic carbocycles. The highest BCUT2D eigenvalue weighted by molar-refractivity contribution is 7.01. The number of furan rings is 2. The molecule has 0 saturated heterocycles. The van der Waals surface area contributed by atoms with Crippen LogP contribution < -0.4 is 42.6 Å². The van der Waals surface area contributed by atoms with Gasteiger partial charge in [-0.2, -0.15) is 0 Å². The van der Waals surface area contributed by atoms with Gasteiger partial charge in [0, 0.05) is 33.3 Å². The molecule has 0 atom stereocenters. The number of amides is 2. The highest BCUT2D eigenvalue weighted by Gasteiger charge is 2.49. The van der Waals surface area contributed by atoms with E-state index in [1.807, 2.05) is 34.1 Å². The Labute approximate surface area is 379 Å². The van der Waals surface area contributed by atoms with Gasteiger partial charge in [-0.05, 0) is 67.7 Å². The van der Waals surface area contributed by atoms with Crippen LogP contribution in [0.2, 0.25) is 0 Å². The summed E-state index contributed by atoms with van der Waals surface area (Å²) in [5.74, 6) is 0. The Balaban J connectivity index is 1.10. The molecule has 3 aliphatic heterocycles. The Morgan fingerprint density at radius 2 is 0.848 bits per heavy atom. The van der Waals surface area contributed by atoms with Crippen molar-refractivity contribution >= 4 is 130 Å². The fourth-order valence-corrected chi connectivity index (χ4v) is 11.8. The number of hydrogen-bond acceptors (Lipinski definition) is 3. The first-order chi connectivity index (χ1) is 32.7. The van der Waals surface area contributed by atoms with Gasteiger partial charge in [0.2, 0.25) is 13.4 Å². The fraction of sp³-hybridized carbons (Fsp3) is 0. The van der Waals surface area contributed by atoms with Gasteiger partial charge in [-0.25, -0.2) is 4.79 Å². The normalized spacial score (nSPS) is 13.7. The molecule has 2 amide bonds. The molecule has 7 heteroatoms. The topological polar surface area (TPSA) is 49.8 Å². The lowest BCUT2D eigenvalue weighted by molar-refractivity contribution is 0.255. The van der Waals surface area contributed by atoms with E-state index in [0.717, 1.165) is 122 Å². The molecule has 5 nitrogen and oxygen atoms in total. The standard InChI is InChI=1S/C59H34B2N2O3/c64-59-62-49-34-53-42(40-21-9-13-25-50(40)66-53)33-48(49)61(44-24-12-8-20-39(44)36-17-5-2-6-18-36)45-29-27-37-28-30-46-57(54(37)56(45)62)63(59)58-47(31-32-52-55(58)41-22-10-14-26-51(41)65-52)60(46)43-23-11-7-19-38(43)35-15-3-1-4-16-35/h1-34H. The second-order valence-electron chi connectivity index (χ2n) is 17.8. The Bertz CT molecular complexity index is 4060. The first-order valence-corrected chi connectivity index (χ1v) is 22.6. The summed E-state index contributed by atoms with van der Waals surface area (Å²) in [5.41, 5.74) is 17.9. The molecule has 10 aromatic carbocycles. The average molecular weight is 841 g/mol. The van der Waals surface area contributed by atoms with Crippen LogP contribution >= 0.6 is 0 Å². The van der Waals surface area contributed by atoms with Gasteiger partial charge in [0.15, 0.2) is 0 Å². The molecular weight excluding hydrogens is 806 g/mol. The molecule has 0 unspecified atom stereocenters. The van der Waals surface area contributed by atoms with Gasteiger partial charge in [0.25, 0.3) is 0 Å². The van der Waals surface area contributed by atoms with Crippen LogP contribution in [0.3, 0.4) is 0 Å². The van der Waals surface area contributed by atoms with E-state index in [1.165, 1.54) is 10.9 Å². The monoisotopic (exact) mass is 840 g/mol. The number of carbonyl (C=O) groups excluding carboxylic acids is 1. The van der Waals surface area contributed by atoms with Gasteiger partial charge < -0.3 is 8.83 Å². The molecule has 0 fully saturated rings. The molecule has 0 saturated carbocycles. The number of rotatable bonds is 4. The lowest BCUT2D eigenvalue weighted by Gasteiger charge is -2.46. The van der Waals surface area contributed by atoms with E-state index in [4.69, 9.17) is 8.83 Å². The summed E-state index contributed by atoms with van der Waals surface area (Å²) in [7, 11) is 0. The Hall–Kier alpha value is -8.54. The van der Waals surface area contributed by atoms with E-state index in [-0.39, 0.29) is 19.5 Å². The van der Waals surface area contributed by atoms with Gasteiger partial charge in [0.05, 0.1) is 22.4 Å². The van der Waals surface area contributed by atoms with Crippen molar-refractivity contribution < 1.29 is 13.6 Å². The summed E-state index contributed by atoms with van der Waals surface area (Å²) in [6, 6.07) is 72.9. The van der Waals surface area contributed by atoms with Crippen molar-refractivity contribution in [2.75, 3.05) is 9.80 Å². The van der Waals surface area contributed by atoms with Crippen LogP contribution in [-0.2, 0) is 0 Å². The molecule has 66 heavy (non-hydrogen) atoms. The fourth-order valence-electron chi connectivity index (χ4n) is 11.8. The van der Waals surface area contributed by atoms with E-state index in [1.54, 1.807) is 0 Å². The number of para-hydroxylation sites is 2. The second kappa shape index (κ2) is 13.3. The van der Waals surface area contributed by atoms with E-state index < -0.39 is 0 Å². The zero-order valence-corrected chi connectivity index (χ0v) is 35.4. The Morgan fingerprint density at radius 1 is 0.348 bits per heavy atom. The summed E-state index contributed by atoms with van der Waals surface area (Å²) in [6.45, 7) is -0.420. The predicted molar refractivity (Wildman–Crippen MR) is 274 cm³/mol. The van der Waals surface area contributed by atoms with Crippen molar-refractivity contribution in [3.63, 3.8) is 0 Å². The number of fused-ring (bicyclic) bond motifs is 11. The highest BCUT2D eigenvalue weighted by Crippen LogP contribution is 2.50. The van der Waals surface area contributed by atoms with Gasteiger partial charge in [-0.1, -0.05) is 193 Å². The molecule has 2 aromatic heterocycles. The van der Waals surface area contributed by atoms with Crippen LogP contribution in [0.5, 0.6) is 0 Å². The molecule has 0 radical (unpaired) electrons. The molecular formula is C59H34B2N2O3. The molecule has 304 valence electrons. The van der Waals surface area contributed by atoms with E-state index in [9.17, 15) is 0 Å². The number of carbonyl (C=O) groups is 1. The van der Waals surface area contributed by atoms with Crippen LogP contribution in [-0.4, -0.2) is 19.5 Å². The van der Waals surface area contributed by atoms with Crippen molar-refractivity contribution in [3.05, 3.63) is 206 Å². The maximum atomic E-state index is 16.6. The molecule has 0 spiro atoms. The quantitative estimate of drug-likeness (QED) is 0.166. The third kappa shape index (κ3) is 4.73. The van der Waals surface area contributed by atoms with Crippen molar-refractivity contribution in [3.8, 4) is 22.3 Å². The maximum absolute atomic E-state index is 16.6. The van der Waals surface area contributed by atoms with Gasteiger partial charge >= 0.3 is 6.03 Å². The average Bonchev–Trinajstić information content (AvgIpc) is 3.95. The largest absolute Gasteiger partial charge is 0.456 e. The van der Waals surface area contributed by atoms with Crippen molar-refractivity contribution in [1.29, 1.82) is 0 Å². The van der Waals surface area contributed by atoms with Crippen LogP contribution in [0.1, 0.15) is 0 Å². The minimum absolute atomic E-state index is 0.135. The van der Waals surface area contributed by atoms with E-state index in [0.29, 0.717) is 0 Å². The molecule has 3 aliphatic rings. The molecule has 15 rings (SSSR count). The van der Waals surface area contributed by atoms with E-state index >= 15 is 4.79 Å². The minimum atomic E-state index is -0.213. The van der Waals surface area contributed by atoms with Crippen LogP contribution in [0, 0.1) is 0 Å². The number of urea groups is 1. The summed E-state index contributed by atoms with van der Waals surface area (Å²) < 4.78 is 13.3. The minimum Gasteiger partial charge on any atom is -0.456 e. The highest BCUT2D eigenvalue weighted by atomic mass is 16.3. The zero-order valence-electron chi connectivity index (χ0n) is 35.4.